The van der Waals surface area contributed by atoms with Crippen LogP contribution in [0.1, 0.15) is 54.0 Å². The molecule has 284 valence electrons. The summed E-state index contributed by atoms with van der Waals surface area (Å²) >= 11 is 0. The number of amides is 1. The van der Waals surface area contributed by atoms with Gasteiger partial charge in [0.1, 0.15) is 36.0 Å². The van der Waals surface area contributed by atoms with Crippen molar-refractivity contribution >= 4 is 31.2 Å². The molecule has 11 nitrogen and oxygen atoms in total. The molecule has 2 aromatic heterocycles. The standard InChI is InChI=1S/C43H47N5O6Si/c1-42(2,3)55(5,6)54-37-34(26-52-43(30-18-12-8-13-19-30,31-20-14-9-15-21-31)32-22-24-33(51-4)25-23-32)53-41(36(37)49)48-28-46-35-38(44-27-45-39(35)48)47-40(50)29-16-10-7-11-17-29/h7-25,27-28,34,36-37,41,49H,26H2,1-6H3,(H,44,45,47,50)/t34-,36-,37-,41+/m1/s1. The fraction of sp³-hybridized carbons (Fsp3) is 0.302. The van der Waals surface area contributed by atoms with Crippen molar-refractivity contribution in [2.75, 3.05) is 19.0 Å². The molecule has 0 spiro atoms. The highest BCUT2D eigenvalue weighted by molar-refractivity contribution is 6.74. The minimum absolute atomic E-state index is 0.0582. The topological polar surface area (TPSA) is 130 Å². The number of carbonyl (C=O) groups is 1. The predicted octanol–water partition coefficient (Wildman–Crippen LogP) is 7.74. The van der Waals surface area contributed by atoms with Crippen molar-refractivity contribution in [2.24, 2.45) is 0 Å². The number of ether oxygens (including phenoxy) is 3. The number of anilines is 1. The highest BCUT2D eigenvalue weighted by Crippen LogP contribution is 2.45. The number of hydrogen-bond acceptors (Lipinski definition) is 9. The first kappa shape index (κ1) is 38.0. The molecule has 2 N–H and O–H groups in total. The van der Waals surface area contributed by atoms with E-state index in [-0.39, 0.29) is 23.4 Å². The molecule has 1 saturated heterocycles. The maximum absolute atomic E-state index is 13.1. The van der Waals surface area contributed by atoms with Crippen LogP contribution < -0.4 is 10.1 Å². The van der Waals surface area contributed by atoms with Gasteiger partial charge in [-0.15, -0.1) is 0 Å². The monoisotopic (exact) mass is 757 g/mol. The van der Waals surface area contributed by atoms with Gasteiger partial charge >= 0.3 is 0 Å². The molecule has 4 atom stereocenters. The fourth-order valence-electron chi connectivity index (χ4n) is 6.77. The number of nitrogens with one attached hydrogen (secondary N) is 1. The molecule has 4 aromatic carbocycles. The Morgan fingerprint density at radius 2 is 1.42 bits per heavy atom. The summed E-state index contributed by atoms with van der Waals surface area (Å²) in [6, 6.07) is 36.9. The van der Waals surface area contributed by atoms with Crippen molar-refractivity contribution in [3.63, 3.8) is 0 Å². The number of aliphatic hydroxyl groups excluding tert-OH is 1. The van der Waals surface area contributed by atoms with E-state index in [4.69, 9.17) is 18.6 Å². The third kappa shape index (κ3) is 7.43. The Hall–Kier alpha value is -5.24. The normalized spacial score (nSPS) is 19.0. The molecule has 3 heterocycles. The molecule has 1 aliphatic rings. The first-order chi connectivity index (χ1) is 26.4. The quantitative estimate of drug-likeness (QED) is 0.0951. The van der Waals surface area contributed by atoms with Gasteiger partial charge < -0.3 is 29.1 Å². The molecule has 0 bridgehead atoms. The Bertz CT molecular complexity index is 2170. The van der Waals surface area contributed by atoms with Crippen molar-refractivity contribution in [1.82, 2.24) is 19.5 Å². The molecule has 55 heavy (non-hydrogen) atoms. The largest absolute Gasteiger partial charge is 0.497 e. The second-order valence-electron chi connectivity index (χ2n) is 15.2. The Kier molecular flexibility index (Phi) is 10.7. The van der Waals surface area contributed by atoms with Gasteiger partial charge in [-0.2, -0.15) is 0 Å². The SMILES string of the molecule is COc1ccc(C(OC[C@H]2O[C@H](n3cnc4c(NC(=O)c5ccccc5)ncnc43)[C@H](O)[C@@H]2O[Si](C)(C)C(C)(C)C)(c2ccccc2)c2ccccc2)cc1. The van der Waals surface area contributed by atoms with E-state index in [1.54, 1.807) is 42.3 Å². The lowest BCUT2D eigenvalue weighted by atomic mass is 9.80. The first-order valence-electron chi connectivity index (χ1n) is 18.4. The number of nitrogens with zero attached hydrogens (tertiary/aromatic N) is 4. The van der Waals surface area contributed by atoms with Gasteiger partial charge in [0.15, 0.2) is 31.5 Å². The van der Waals surface area contributed by atoms with Crippen LogP contribution in [-0.2, 0) is 19.5 Å². The first-order valence-corrected chi connectivity index (χ1v) is 21.3. The number of methoxy groups -OCH3 is 1. The number of fused-ring (bicyclic) bond motifs is 1. The molecule has 1 fully saturated rings. The molecule has 0 unspecified atom stereocenters. The van der Waals surface area contributed by atoms with E-state index >= 15 is 0 Å². The summed E-state index contributed by atoms with van der Waals surface area (Å²) in [6.45, 7) is 10.9. The Balaban J connectivity index is 1.27. The summed E-state index contributed by atoms with van der Waals surface area (Å²) in [6.07, 6.45) is -0.632. The lowest BCUT2D eigenvalue weighted by Crippen LogP contribution is -2.50. The van der Waals surface area contributed by atoms with Gasteiger partial charge in [0.25, 0.3) is 5.91 Å². The minimum atomic E-state index is -2.47. The van der Waals surface area contributed by atoms with E-state index in [1.165, 1.54) is 6.33 Å². The van der Waals surface area contributed by atoms with Crippen molar-refractivity contribution in [3.8, 4) is 5.75 Å². The van der Waals surface area contributed by atoms with Gasteiger partial charge in [0, 0.05) is 5.56 Å². The van der Waals surface area contributed by atoms with Gasteiger partial charge in [-0.1, -0.05) is 112 Å². The zero-order valence-corrected chi connectivity index (χ0v) is 32.9. The van der Waals surface area contributed by atoms with E-state index in [2.05, 4.69) is 78.4 Å². The summed E-state index contributed by atoms with van der Waals surface area (Å²) in [5, 5.41) is 14.9. The van der Waals surface area contributed by atoms with Crippen LogP contribution in [0.3, 0.4) is 0 Å². The molecule has 0 radical (unpaired) electrons. The van der Waals surface area contributed by atoms with Crippen molar-refractivity contribution in [3.05, 3.63) is 150 Å². The van der Waals surface area contributed by atoms with Crippen LogP contribution in [0.5, 0.6) is 5.75 Å². The Morgan fingerprint density at radius 3 is 2.00 bits per heavy atom. The number of hydrogen-bond donors (Lipinski definition) is 2. The molecule has 1 aliphatic heterocycles. The van der Waals surface area contributed by atoms with Gasteiger partial charge in [0.2, 0.25) is 0 Å². The van der Waals surface area contributed by atoms with Crippen LogP contribution in [0, 0.1) is 0 Å². The third-order valence-electron chi connectivity index (χ3n) is 10.8. The van der Waals surface area contributed by atoms with Crippen LogP contribution in [0.4, 0.5) is 5.82 Å². The molecule has 7 rings (SSSR count). The maximum atomic E-state index is 13.1. The highest BCUT2D eigenvalue weighted by atomic mass is 28.4. The lowest BCUT2D eigenvalue weighted by molar-refractivity contribution is -0.0930. The predicted molar refractivity (Wildman–Crippen MR) is 213 cm³/mol. The van der Waals surface area contributed by atoms with E-state index in [0.29, 0.717) is 16.7 Å². The molecular formula is C43H47N5O6Si. The summed E-state index contributed by atoms with van der Waals surface area (Å²) in [5.41, 5.74) is 2.89. The van der Waals surface area contributed by atoms with Gasteiger partial charge in [-0.05, 0) is 59.1 Å². The lowest BCUT2D eigenvalue weighted by Gasteiger charge is -2.41. The van der Waals surface area contributed by atoms with Crippen LogP contribution >= 0.6 is 0 Å². The van der Waals surface area contributed by atoms with E-state index in [0.717, 1.165) is 22.4 Å². The van der Waals surface area contributed by atoms with Crippen molar-refractivity contribution < 1.29 is 28.5 Å². The maximum Gasteiger partial charge on any atom is 0.256 e. The molecule has 6 aromatic rings. The van der Waals surface area contributed by atoms with Gasteiger partial charge in [0.05, 0.1) is 20.0 Å². The van der Waals surface area contributed by atoms with Crippen LogP contribution in [0.2, 0.25) is 18.1 Å². The van der Waals surface area contributed by atoms with Crippen molar-refractivity contribution in [2.45, 2.75) is 69.0 Å². The molecule has 12 heteroatoms. The average Bonchev–Trinajstić information content (AvgIpc) is 3.76. The number of rotatable bonds is 12. The number of benzene rings is 4. The summed E-state index contributed by atoms with van der Waals surface area (Å²) in [4.78, 5) is 26.5. The third-order valence-corrected chi connectivity index (χ3v) is 15.2. The second kappa shape index (κ2) is 15.5. The van der Waals surface area contributed by atoms with Crippen LogP contribution in [0.15, 0.2) is 128 Å². The smallest absolute Gasteiger partial charge is 0.256 e. The molecule has 0 saturated carbocycles. The zero-order chi connectivity index (χ0) is 38.8. The van der Waals surface area contributed by atoms with Crippen LogP contribution in [-0.4, -0.2) is 70.9 Å². The van der Waals surface area contributed by atoms with E-state index < -0.39 is 38.5 Å². The Morgan fingerprint density at radius 1 is 0.836 bits per heavy atom. The zero-order valence-electron chi connectivity index (χ0n) is 31.9. The molecule has 0 aliphatic carbocycles. The van der Waals surface area contributed by atoms with Crippen molar-refractivity contribution in [1.29, 1.82) is 0 Å². The summed E-state index contributed by atoms with van der Waals surface area (Å²) in [7, 11) is -0.821. The number of imidazole rings is 1. The van der Waals surface area contributed by atoms with E-state index in [9.17, 15) is 9.90 Å². The minimum Gasteiger partial charge on any atom is -0.497 e. The number of aliphatic hydroxyl groups is 1. The fourth-order valence-corrected chi connectivity index (χ4v) is 8.10. The second-order valence-corrected chi connectivity index (χ2v) is 20.0. The summed E-state index contributed by atoms with van der Waals surface area (Å²) < 4.78 is 28.3. The number of carbonyl (C=O) groups excluding carboxylic acids is 1. The number of aromatic nitrogens is 4. The molecule has 1 amide bonds. The molecular weight excluding hydrogens is 711 g/mol. The summed E-state index contributed by atoms with van der Waals surface area (Å²) in [5.74, 6) is 0.643. The van der Waals surface area contributed by atoms with E-state index in [1.807, 2.05) is 66.7 Å². The highest BCUT2D eigenvalue weighted by Gasteiger charge is 2.52. The van der Waals surface area contributed by atoms with Gasteiger partial charge in [-0.3, -0.25) is 9.36 Å². The average molecular weight is 758 g/mol. The van der Waals surface area contributed by atoms with Crippen LogP contribution in [0.25, 0.3) is 11.2 Å². The Labute approximate surface area is 322 Å². The van der Waals surface area contributed by atoms with Gasteiger partial charge in [-0.25, -0.2) is 15.0 Å².